The molecule has 1 aliphatic rings. The highest BCUT2D eigenvalue weighted by atomic mass is 32.2. The molecule has 0 amide bonds. The summed E-state index contributed by atoms with van der Waals surface area (Å²) < 4.78 is 0. The Bertz CT molecular complexity index is 90.7. The van der Waals surface area contributed by atoms with Crippen LogP contribution in [-0.2, 0) is 0 Å². The maximum absolute atomic E-state index is 2.33. The number of rotatable bonds is 3. The molecular weight excluding hydrogens is 140 g/mol. The minimum absolute atomic E-state index is 1.01. The van der Waals surface area contributed by atoms with Crippen LogP contribution in [0.3, 0.4) is 0 Å². The minimum atomic E-state index is 1.01. The average molecular weight is 158 g/mol. The third-order valence-electron chi connectivity index (χ3n) is 2.44. The first kappa shape index (κ1) is 8.45. The molecule has 0 N–H and O–H groups in total. The molecule has 0 aromatic carbocycles. The maximum Gasteiger partial charge on any atom is 0.00754 e. The van der Waals surface area contributed by atoms with Crippen molar-refractivity contribution in [2.75, 3.05) is 5.75 Å². The topological polar surface area (TPSA) is 0 Å². The fourth-order valence-electron chi connectivity index (χ4n) is 1.76. The van der Waals surface area contributed by atoms with E-state index >= 15 is 0 Å². The van der Waals surface area contributed by atoms with Gasteiger partial charge >= 0.3 is 0 Å². The third-order valence-corrected chi connectivity index (χ3v) is 3.96. The lowest BCUT2D eigenvalue weighted by atomic mass is 9.97. The zero-order valence-electron chi connectivity index (χ0n) is 7.10. The molecule has 1 heterocycles. The lowest BCUT2D eigenvalue weighted by Gasteiger charge is -2.15. The molecule has 0 spiro atoms. The van der Waals surface area contributed by atoms with Crippen molar-refractivity contribution >= 4 is 11.8 Å². The molecule has 0 saturated carbocycles. The van der Waals surface area contributed by atoms with E-state index in [1.165, 1.54) is 31.4 Å². The summed E-state index contributed by atoms with van der Waals surface area (Å²) >= 11 is 2.20. The first-order valence-corrected chi connectivity index (χ1v) is 5.55. The van der Waals surface area contributed by atoms with Gasteiger partial charge in [0.25, 0.3) is 0 Å². The molecule has 1 heteroatoms. The van der Waals surface area contributed by atoms with Gasteiger partial charge in [0.05, 0.1) is 0 Å². The summed E-state index contributed by atoms with van der Waals surface area (Å²) in [7, 11) is 0. The van der Waals surface area contributed by atoms with Crippen LogP contribution >= 0.6 is 11.8 Å². The van der Waals surface area contributed by atoms with Gasteiger partial charge in [-0.25, -0.2) is 0 Å². The van der Waals surface area contributed by atoms with Gasteiger partial charge in [0.15, 0.2) is 0 Å². The molecule has 0 aromatic rings. The Morgan fingerprint density at radius 2 is 2.20 bits per heavy atom. The van der Waals surface area contributed by atoms with E-state index in [0.29, 0.717) is 0 Å². The van der Waals surface area contributed by atoms with E-state index in [-0.39, 0.29) is 0 Å². The quantitative estimate of drug-likeness (QED) is 0.607. The largest absolute Gasteiger partial charge is 0.158 e. The Kier molecular flexibility index (Phi) is 3.61. The summed E-state index contributed by atoms with van der Waals surface area (Å²) in [4.78, 5) is 0. The van der Waals surface area contributed by atoms with E-state index in [4.69, 9.17) is 0 Å². The van der Waals surface area contributed by atoms with Gasteiger partial charge in [-0.3, -0.25) is 0 Å². The molecule has 2 atom stereocenters. The van der Waals surface area contributed by atoms with Crippen LogP contribution in [0.2, 0.25) is 0 Å². The van der Waals surface area contributed by atoms with Crippen LogP contribution in [0.1, 0.15) is 39.5 Å². The van der Waals surface area contributed by atoms with E-state index < -0.39 is 0 Å². The Balaban J connectivity index is 2.27. The molecule has 0 aromatic heterocycles. The van der Waals surface area contributed by atoms with Crippen LogP contribution in [0.4, 0.5) is 0 Å². The minimum Gasteiger partial charge on any atom is -0.158 e. The average Bonchev–Trinajstić information content (AvgIpc) is 2.36. The Morgan fingerprint density at radius 3 is 2.80 bits per heavy atom. The standard InChI is InChI=1S/C9H18S/c1-3-5-9-8(4-2)6-7-10-9/h8-9H,3-7H2,1-2H3. The van der Waals surface area contributed by atoms with Gasteiger partial charge in [0.1, 0.15) is 0 Å². The van der Waals surface area contributed by atoms with Crippen molar-refractivity contribution in [3.63, 3.8) is 0 Å². The molecule has 0 nitrogen and oxygen atoms in total. The van der Waals surface area contributed by atoms with Crippen molar-refractivity contribution in [2.45, 2.75) is 44.8 Å². The molecule has 0 bridgehead atoms. The van der Waals surface area contributed by atoms with Crippen LogP contribution in [0.25, 0.3) is 0 Å². The molecule has 10 heavy (non-hydrogen) atoms. The predicted octanol–water partition coefficient (Wildman–Crippen LogP) is 3.32. The van der Waals surface area contributed by atoms with E-state index in [1.54, 1.807) is 0 Å². The van der Waals surface area contributed by atoms with E-state index in [0.717, 1.165) is 11.2 Å². The number of hydrogen-bond acceptors (Lipinski definition) is 1. The van der Waals surface area contributed by atoms with Gasteiger partial charge in [0.2, 0.25) is 0 Å². The van der Waals surface area contributed by atoms with Crippen LogP contribution in [-0.4, -0.2) is 11.0 Å². The second kappa shape index (κ2) is 4.27. The molecule has 1 saturated heterocycles. The molecule has 0 radical (unpaired) electrons. The van der Waals surface area contributed by atoms with Crippen molar-refractivity contribution in [3.05, 3.63) is 0 Å². The predicted molar refractivity (Wildman–Crippen MR) is 49.6 cm³/mol. The summed E-state index contributed by atoms with van der Waals surface area (Å²) in [6, 6.07) is 0. The molecule has 1 aliphatic heterocycles. The van der Waals surface area contributed by atoms with Crippen molar-refractivity contribution in [1.29, 1.82) is 0 Å². The van der Waals surface area contributed by atoms with Crippen molar-refractivity contribution in [1.82, 2.24) is 0 Å². The summed E-state index contributed by atoms with van der Waals surface area (Å²) in [5, 5.41) is 1.01. The Morgan fingerprint density at radius 1 is 1.40 bits per heavy atom. The highest BCUT2D eigenvalue weighted by molar-refractivity contribution is 8.00. The summed E-state index contributed by atoms with van der Waals surface area (Å²) in [6.45, 7) is 4.63. The highest BCUT2D eigenvalue weighted by Crippen LogP contribution is 2.36. The van der Waals surface area contributed by atoms with E-state index in [2.05, 4.69) is 25.6 Å². The third kappa shape index (κ3) is 1.91. The van der Waals surface area contributed by atoms with Crippen LogP contribution in [0, 0.1) is 5.92 Å². The zero-order valence-corrected chi connectivity index (χ0v) is 7.91. The van der Waals surface area contributed by atoms with Crippen LogP contribution < -0.4 is 0 Å². The molecule has 1 rings (SSSR count). The molecule has 60 valence electrons. The van der Waals surface area contributed by atoms with Gasteiger partial charge in [-0.15, -0.1) is 0 Å². The van der Waals surface area contributed by atoms with Gasteiger partial charge in [-0.05, 0) is 24.5 Å². The summed E-state index contributed by atoms with van der Waals surface area (Å²) in [5.74, 6) is 2.47. The second-order valence-corrected chi connectivity index (χ2v) is 4.50. The first-order chi connectivity index (χ1) is 4.88. The fourth-order valence-corrected chi connectivity index (χ4v) is 3.51. The molecule has 0 aliphatic carbocycles. The molecule has 1 fully saturated rings. The van der Waals surface area contributed by atoms with E-state index in [1.807, 2.05) is 0 Å². The van der Waals surface area contributed by atoms with Crippen LogP contribution in [0.15, 0.2) is 0 Å². The lowest BCUT2D eigenvalue weighted by Crippen LogP contribution is -2.09. The highest BCUT2D eigenvalue weighted by Gasteiger charge is 2.24. The van der Waals surface area contributed by atoms with Crippen molar-refractivity contribution in [2.24, 2.45) is 5.92 Å². The van der Waals surface area contributed by atoms with Gasteiger partial charge in [-0.2, -0.15) is 11.8 Å². The maximum atomic E-state index is 2.33. The smallest absolute Gasteiger partial charge is 0.00754 e. The summed E-state index contributed by atoms with van der Waals surface area (Å²) in [6.07, 6.45) is 5.70. The van der Waals surface area contributed by atoms with Crippen molar-refractivity contribution < 1.29 is 0 Å². The lowest BCUT2D eigenvalue weighted by molar-refractivity contribution is 0.476. The Labute approximate surface area is 68.8 Å². The fraction of sp³-hybridized carbons (Fsp3) is 1.00. The van der Waals surface area contributed by atoms with Crippen LogP contribution in [0.5, 0.6) is 0 Å². The number of thioether (sulfide) groups is 1. The molecule has 2 unspecified atom stereocenters. The summed E-state index contributed by atoms with van der Waals surface area (Å²) in [5.41, 5.74) is 0. The van der Waals surface area contributed by atoms with E-state index in [9.17, 15) is 0 Å². The van der Waals surface area contributed by atoms with Gasteiger partial charge in [0, 0.05) is 5.25 Å². The number of hydrogen-bond donors (Lipinski definition) is 0. The SMILES string of the molecule is CCCC1SCCC1CC. The van der Waals surface area contributed by atoms with Gasteiger partial charge < -0.3 is 0 Å². The zero-order chi connectivity index (χ0) is 7.40. The second-order valence-electron chi connectivity index (χ2n) is 3.15. The monoisotopic (exact) mass is 158 g/mol. The van der Waals surface area contributed by atoms with Gasteiger partial charge in [-0.1, -0.05) is 26.7 Å². The molecular formula is C9H18S. The first-order valence-electron chi connectivity index (χ1n) is 4.50. The Hall–Kier alpha value is 0.350. The normalized spacial score (nSPS) is 33.0. The van der Waals surface area contributed by atoms with Crippen molar-refractivity contribution in [3.8, 4) is 0 Å².